The van der Waals surface area contributed by atoms with Crippen LogP contribution in [-0.4, -0.2) is 0 Å². The average molecular weight is 348 g/mol. The van der Waals surface area contributed by atoms with Crippen LogP contribution in [0.5, 0.6) is 0 Å². The first-order valence-corrected chi connectivity index (χ1v) is 9.26. The van der Waals surface area contributed by atoms with Crippen LogP contribution in [0.3, 0.4) is 0 Å². The molecule has 3 aromatic carbocycles. The van der Waals surface area contributed by atoms with E-state index in [1.807, 2.05) is 12.1 Å². The Bertz CT molecular complexity index is 932. The highest BCUT2D eigenvalue weighted by atomic mass is 19.2. The van der Waals surface area contributed by atoms with E-state index in [1.54, 1.807) is 12.1 Å². The minimum atomic E-state index is -0.805. The standard InChI is InChI=1S/C24H22F2/c1-2-16-3-5-17(6-4-16)18-7-9-19(10-8-18)20-11-13-22-21(15-20)12-14-23(25)24(22)26/h2,7-17H,1,3-6H2. The largest absolute Gasteiger partial charge is 0.204 e. The first-order valence-electron chi connectivity index (χ1n) is 9.26. The molecule has 0 unspecified atom stereocenters. The summed E-state index contributed by atoms with van der Waals surface area (Å²) in [4.78, 5) is 0. The molecular weight excluding hydrogens is 326 g/mol. The van der Waals surface area contributed by atoms with Crippen molar-refractivity contribution in [1.29, 1.82) is 0 Å². The van der Waals surface area contributed by atoms with Crippen LogP contribution in [0.4, 0.5) is 8.78 Å². The molecule has 132 valence electrons. The van der Waals surface area contributed by atoms with Gasteiger partial charge in [0.2, 0.25) is 0 Å². The lowest BCUT2D eigenvalue weighted by molar-refractivity contribution is 0.376. The molecule has 0 amide bonds. The maximum atomic E-state index is 13.9. The topological polar surface area (TPSA) is 0 Å². The predicted octanol–water partition coefficient (Wildman–Crippen LogP) is 7.24. The normalized spacial score (nSPS) is 20.2. The van der Waals surface area contributed by atoms with E-state index in [9.17, 15) is 8.78 Å². The molecule has 3 aromatic rings. The van der Waals surface area contributed by atoms with E-state index >= 15 is 0 Å². The third-order valence-corrected chi connectivity index (χ3v) is 5.73. The summed E-state index contributed by atoms with van der Waals surface area (Å²) in [5.41, 5.74) is 3.51. The van der Waals surface area contributed by atoms with Crippen molar-refractivity contribution in [3.63, 3.8) is 0 Å². The Morgan fingerprint density at radius 3 is 2.19 bits per heavy atom. The summed E-state index contributed by atoms with van der Waals surface area (Å²) in [6.07, 6.45) is 6.98. The van der Waals surface area contributed by atoms with E-state index in [0.29, 0.717) is 22.6 Å². The van der Waals surface area contributed by atoms with Crippen molar-refractivity contribution in [2.24, 2.45) is 5.92 Å². The van der Waals surface area contributed by atoms with Crippen LogP contribution in [0.25, 0.3) is 21.9 Å². The fraction of sp³-hybridized carbons (Fsp3) is 0.250. The van der Waals surface area contributed by atoms with Gasteiger partial charge in [-0.3, -0.25) is 0 Å². The fourth-order valence-electron chi connectivity index (χ4n) is 4.08. The third-order valence-electron chi connectivity index (χ3n) is 5.73. The van der Waals surface area contributed by atoms with E-state index in [-0.39, 0.29) is 0 Å². The second-order valence-electron chi connectivity index (χ2n) is 7.27. The summed E-state index contributed by atoms with van der Waals surface area (Å²) < 4.78 is 27.2. The predicted molar refractivity (Wildman–Crippen MR) is 104 cm³/mol. The van der Waals surface area contributed by atoms with Gasteiger partial charge in [-0.1, -0.05) is 48.5 Å². The average Bonchev–Trinajstić information content (AvgIpc) is 2.71. The van der Waals surface area contributed by atoms with E-state index in [2.05, 4.69) is 36.9 Å². The zero-order valence-corrected chi connectivity index (χ0v) is 14.7. The molecule has 2 heteroatoms. The van der Waals surface area contributed by atoms with Gasteiger partial charge < -0.3 is 0 Å². The summed E-state index contributed by atoms with van der Waals surface area (Å²) in [5.74, 6) is -0.275. The minimum absolute atomic E-state index is 0.323. The van der Waals surface area contributed by atoms with Crippen LogP contribution >= 0.6 is 0 Å². The molecule has 0 heterocycles. The highest BCUT2D eigenvalue weighted by Gasteiger charge is 2.20. The highest BCUT2D eigenvalue weighted by Crippen LogP contribution is 2.37. The minimum Gasteiger partial charge on any atom is -0.204 e. The van der Waals surface area contributed by atoms with Crippen molar-refractivity contribution in [1.82, 2.24) is 0 Å². The lowest BCUT2D eigenvalue weighted by Gasteiger charge is -2.27. The molecular formula is C24H22F2. The van der Waals surface area contributed by atoms with Crippen LogP contribution in [-0.2, 0) is 0 Å². The monoisotopic (exact) mass is 348 g/mol. The van der Waals surface area contributed by atoms with Gasteiger partial charge in [0.05, 0.1) is 0 Å². The Morgan fingerprint density at radius 2 is 1.50 bits per heavy atom. The number of halogens is 2. The molecule has 0 aromatic heterocycles. The van der Waals surface area contributed by atoms with E-state index in [4.69, 9.17) is 0 Å². The molecule has 1 aliphatic carbocycles. The van der Waals surface area contributed by atoms with E-state index in [0.717, 1.165) is 11.1 Å². The lowest BCUT2D eigenvalue weighted by Crippen LogP contribution is -2.11. The number of benzene rings is 3. The van der Waals surface area contributed by atoms with Gasteiger partial charge in [0.25, 0.3) is 0 Å². The van der Waals surface area contributed by atoms with Crippen molar-refractivity contribution in [3.05, 3.63) is 84.5 Å². The van der Waals surface area contributed by atoms with E-state index in [1.165, 1.54) is 37.3 Å². The van der Waals surface area contributed by atoms with Crippen LogP contribution in [0.2, 0.25) is 0 Å². The number of allylic oxidation sites excluding steroid dienone is 1. The zero-order valence-electron chi connectivity index (χ0n) is 14.7. The third kappa shape index (κ3) is 3.16. The number of fused-ring (bicyclic) bond motifs is 1. The zero-order chi connectivity index (χ0) is 18.1. The summed E-state index contributed by atoms with van der Waals surface area (Å²) in [6, 6.07) is 16.9. The number of rotatable bonds is 3. The molecule has 0 spiro atoms. The summed E-state index contributed by atoms with van der Waals surface area (Å²) in [7, 11) is 0. The van der Waals surface area contributed by atoms with Gasteiger partial charge in [-0.2, -0.15) is 0 Å². The van der Waals surface area contributed by atoms with Gasteiger partial charge in [-0.15, -0.1) is 6.58 Å². The van der Waals surface area contributed by atoms with Crippen LogP contribution in [0, 0.1) is 17.6 Å². The second-order valence-corrected chi connectivity index (χ2v) is 7.27. The second kappa shape index (κ2) is 7.03. The Balaban J connectivity index is 1.58. The molecule has 0 saturated heterocycles. The first-order chi connectivity index (χ1) is 12.7. The molecule has 26 heavy (non-hydrogen) atoms. The molecule has 0 nitrogen and oxygen atoms in total. The molecule has 4 rings (SSSR count). The van der Waals surface area contributed by atoms with Gasteiger partial charge in [-0.05, 0) is 71.7 Å². The van der Waals surface area contributed by atoms with E-state index < -0.39 is 11.6 Å². The lowest BCUT2D eigenvalue weighted by atomic mass is 9.78. The molecule has 1 saturated carbocycles. The van der Waals surface area contributed by atoms with Gasteiger partial charge in [0.15, 0.2) is 11.6 Å². The molecule has 1 fully saturated rings. The highest BCUT2D eigenvalue weighted by molar-refractivity contribution is 5.87. The Kier molecular flexibility index (Phi) is 4.58. The van der Waals surface area contributed by atoms with Gasteiger partial charge in [0.1, 0.15) is 0 Å². The van der Waals surface area contributed by atoms with Gasteiger partial charge in [-0.25, -0.2) is 8.78 Å². The van der Waals surface area contributed by atoms with Gasteiger partial charge >= 0.3 is 0 Å². The molecule has 0 atom stereocenters. The van der Waals surface area contributed by atoms with Crippen molar-refractivity contribution in [2.75, 3.05) is 0 Å². The maximum Gasteiger partial charge on any atom is 0.166 e. The fourth-order valence-corrected chi connectivity index (χ4v) is 4.08. The molecule has 0 radical (unpaired) electrons. The van der Waals surface area contributed by atoms with Crippen LogP contribution < -0.4 is 0 Å². The van der Waals surface area contributed by atoms with Crippen molar-refractivity contribution in [3.8, 4) is 11.1 Å². The summed E-state index contributed by atoms with van der Waals surface area (Å²) >= 11 is 0. The Morgan fingerprint density at radius 1 is 0.808 bits per heavy atom. The molecule has 1 aliphatic rings. The maximum absolute atomic E-state index is 13.9. The van der Waals surface area contributed by atoms with Crippen molar-refractivity contribution >= 4 is 10.8 Å². The van der Waals surface area contributed by atoms with Gasteiger partial charge in [0, 0.05) is 5.39 Å². The first kappa shape index (κ1) is 17.0. The van der Waals surface area contributed by atoms with Crippen molar-refractivity contribution < 1.29 is 8.78 Å². The Hall–Kier alpha value is -2.48. The summed E-state index contributed by atoms with van der Waals surface area (Å²) in [6.45, 7) is 3.91. The quantitative estimate of drug-likeness (QED) is 0.437. The molecule has 0 aliphatic heterocycles. The number of hydrogen-bond donors (Lipinski definition) is 0. The van der Waals surface area contributed by atoms with Crippen molar-refractivity contribution in [2.45, 2.75) is 31.6 Å². The van der Waals surface area contributed by atoms with Crippen LogP contribution in [0.15, 0.2) is 67.3 Å². The SMILES string of the molecule is C=CC1CCC(c2ccc(-c3ccc4c(F)c(F)ccc4c3)cc2)CC1. The van der Waals surface area contributed by atoms with Crippen LogP contribution in [0.1, 0.15) is 37.2 Å². The number of hydrogen-bond acceptors (Lipinski definition) is 0. The smallest absolute Gasteiger partial charge is 0.166 e. The Labute approximate surface area is 153 Å². The molecule has 0 bridgehead atoms. The molecule has 0 N–H and O–H groups in total. The summed E-state index contributed by atoms with van der Waals surface area (Å²) in [5, 5.41) is 1.04.